The molecule has 0 aromatic heterocycles. The maximum absolute atomic E-state index is 5.89. The molecule has 1 aromatic carbocycles. The highest BCUT2D eigenvalue weighted by molar-refractivity contribution is 7.80. The van der Waals surface area contributed by atoms with Crippen molar-refractivity contribution in [3.8, 4) is 0 Å². The average molecular weight is 222 g/mol. The summed E-state index contributed by atoms with van der Waals surface area (Å²) >= 11 is 15.7. The molecule has 0 unspecified atom stereocenters. The molecule has 4 heteroatoms. The molecule has 1 N–H and O–H groups in total. The zero-order chi connectivity index (χ0) is 8.97. The number of halogens is 2. The lowest BCUT2D eigenvalue weighted by molar-refractivity contribution is 1.23. The van der Waals surface area contributed by atoms with Crippen LogP contribution in [-0.2, 0) is 0 Å². The number of hydrogen-bond acceptors (Lipinski definition) is 2. The number of thiol groups is 1. The van der Waals surface area contributed by atoms with Crippen LogP contribution in [0.4, 0.5) is 5.69 Å². The predicted molar refractivity (Wildman–Crippen MR) is 58.8 cm³/mol. The molecule has 0 aliphatic rings. The largest absolute Gasteiger partial charge is 0.383 e. The van der Waals surface area contributed by atoms with E-state index in [9.17, 15) is 0 Å². The first kappa shape index (κ1) is 10.0. The Bertz CT molecular complexity index is 265. The molecule has 0 spiro atoms. The first-order valence-corrected chi connectivity index (χ1v) is 4.92. The molecule has 1 rings (SSSR count). The zero-order valence-corrected chi connectivity index (χ0v) is 8.76. The Morgan fingerprint density at radius 2 is 2.08 bits per heavy atom. The first-order chi connectivity index (χ1) is 5.74. The molecule has 0 saturated heterocycles. The van der Waals surface area contributed by atoms with Crippen molar-refractivity contribution in [2.24, 2.45) is 0 Å². The molecule has 0 aliphatic heterocycles. The van der Waals surface area contributed by atoms with Crippen molar-refractivity contribution < 1.29 is 0 Å². The lowest BCUT2D eigenvalue weighted by Crippen LogP contribution is -2.02. The van der Waals surface area contributed by atoms with Gasteiger partial charge in [0.25, 0.3) is 0 Å². The van der Waals surface area contributed by atoms with Gasteiger partial charge >= 0.3 is 0 Å². The molecule has 0 radical (unpaired) electrons. The Hall–Kier alpha value is -0.0500. The van der Waals surface area contributed by atoms with Gasteiger partial charge in [0.1, 0.15) is 0 Å². The van der Waals surface area contributed by atoms with Crippen molar-refractivity contribution in [1.29, 1.82) is 0 Å². The summed E-state index contributed by atoms with van der Waals surface area (Å²) in [5.41, 5.74) is 0.898. The van der Waals surface area contributed by atoms with Gasteiger partial charge in [-0.1, -0.05) is 23.2 Å². The van der Waals surface area contributed by atoms with Gasteiger partial charge in [0.2, 0.25) is 0 Å². The third-order valence-electron chi connectivity index (χ3n) is 1.36. The van der Waals surface area contributed by atoms with E-state index in [2.05, 4.69) is 17.9 Å². The van der Waals surface area contributed by atoms with Crippen LogP contribution in [0.25, 0.3) is 0 Å². The summed E-state index contributed by atoms with van der Waals surface area (Å²) in [7, 11) is 0. The summed E-state index contributed by atoms with van der Waals surface area (Å²) in [6.45, 7) is 0.796. The van der Waals surface area contributed by atoms with E-state index in [0.717, 1.165) is 18.0 Å². The molecule has 1 nitrogen and oxygen atoms in total. The second-order valence-corrected chi connectivity index (χ2v) is 3.57. The third kappa shape index (κ3) is 2.77. The number of hydrogen-bond donors (Lipinski definition) is 2. The molecule has 0 atom stereocenters. The minimum Gasteiger partial charge on any atom is -0.383 e. The Labute approximate surface area is 87.5 Å². The van der Waals surface area contributed by atoms with Crippen LogP contribution in [0.2, 0.25) is 10.0 Å². The normalized spacial score (nSPS) is 9.92. The van der Waals surface area contributed by atoms with Crippen LogP contribution >= 0.6 is 35.8 Å². The maximum atomic E-state index is 5.89. The van der Waals surface area contributed by atoms with Crippen LogP contribution in [-0.4, -0.2) is 12.3 Å². The van der Waals surface area contributed by atoms with Crippen molar-refractivity contribution in [3.05, 3.63) is 28.2 Å². The quantitative estimate of drug-likeness (QED) is 0.747. The van der Waals surface area contributed by atoms with E-state index in [4.69, 9.17) is 23.2 Å². The molecule has 0 bridgehead atoms. The molecule has 1 aromatic rings. The van der Waals surface area contributed by atoms with Gasteiger partial charge in [-0.3, -0.25) is 0 Å². The summed E-state index contributed by atoms with van der Waals surface area (Å²) in [5.74, 6) is 0.777. The van der Waals surface area contributed by atoms with Crippen molar-refractivity contribution in [3.63, 3.8) is 0 Å². The van der Waals surface area contributed by atoms with Gasteiger partial charge in [-0.25, -0.2) is 0 Å². The van der Waals surface area contributed by atoms with Crippen molar-refractivity contribution in [1.82, 2.24) is 0 Å². The predicted octanol–water partition coefficient (Wildman–Crippen LogP) is 3.34. The van der Waals surface area contributed by atoms with Crippen molar-refractivity contribution in [2.45, 2.75) is 0 Å². The smallest absolute Gasteiger partial charge is 0.0652 e. The van der Waals surface area contributed by atoms with Crippen LogP contribution in [0.15, 0.2) is 18.2 Å². The van der Waals surface area contributed by atoms with Gasteiger partial charge in [0.15, 0.2) is 0 Å². The summed E-state index contributed by atoms with van der Waals surface area (Å²) in [6, 6.07) is 5.37. The molecule has 66 valence electrons. The lowest BCUT2D eigenvalue weighted by Gasteiger charge is -2.06. The second-order valence-electron chi connectivity index (χ2n) is 2.27. The van der Waals surface area contributed by atoms with Crippen molar-refractivity contribution in [2.75, 3.05) is 17.6 Å². The molecule has 0 saturated carbocycles. The van der Waals surface area contributed by atoms with E-state index in [0.29, 0.717) is 10.0 Å². The zero-order valence-electron chi connectivity index (χ0n) is 6.35. The molecule has 0 amide bonds. The Kier molecular flexibility index (Phi) is 4.06. The van der Waals surface area contributed by atoms with Gasteiger partial charge in [0, 0.05) is 17.3 Å². The fraction of sp³-hybridized carbons (Fsp3) is 0.250. The first-order valence-electron chi connectivity index (χ1n) is 3.54. The standard InChI is InChI=1S/C8H9Cl2NS/c9-6-1-2-8(7(10)5-6)11-3-4-12/h1-2,5,11-12H,3-4H2. The number of anilines is 1. The van der Waals surface area contributed by atoms with E-state index in [1.165, 1.54) is 0 Å². The molecule has 0 heterocycles. The Balaban J connectivity index is 2.72. The van der Waals surface area contributed by atoms with E-state index in [1.807, 2.05) is 6.07 Å². The second kappa shape index (κ2) is 4.85. The third-order valence-corrected chi connectivity index (χ3v) is 2.13. The van der Waals surface area contributed by atoms with Crippen LogP contribution in [0, 0.1) is 0 Å². The minimum absolute atomic E-state index is 0.643. The van der Waals surface area contributed by atoms with E-state index in [1.54, 1.807) is 12.1 Å². The fourth-order valence-corrected chi connectivity index (χ4v) is 1.41. The molecule has 0 aliphatic carbocycles. The fourth-order valence-electron chi connectivity index (χ4n) is 0.823. The summed E-state index contributed by atoms with van der Waals surface area (Å²) in [4.78, 5) is 0. The van der Waals surface area contributed by atoms with Gasteiger partial charge < -0.3 is 5.32 Å². The van der Waals surface area contributed by atoms with E-state index in [-0.39, 0.29) is 0 Å². The van der Waals surface area contributed by atoms with Crippen LogP contribution in [0.5, 0.6) is 0 Å². The molecular weight excluding hydrogens is 213 g/mol. The molecule has 12 heavy (non-hydrogen) atoms. The monoisotopic (exact) mass is 221 g/mol. The highest BCUT2D eigenvalue weighted by Gasteiger charge is 1.98. The van der Waals surface area contributed by atoms with Crippen molar-refractivity contribution >= 4 is 41.5 Å². The van der Waals surface area contributed by atoms with E-state index < -0.39 is 0 Å². The molecular formula is C8H9Cl2NS. The summed E-state index contributed by atoms with van der Waals surface area (Å²) in [5, 5.41) is 4.42. The molecule has 0 fully saturated rings. The Morgan fingerprint density at radius 1 is 1.33 bits per heavy atom. The number of benzene rings is 1. The lowest BCUT2D eigenvalue weighted by atomic mass is 10.3. The number of nitrogens with one attached hydrogen (secondary N) is 1. The Morgan fingerprint density at radius 3 is 2.67 bits per heavy atom. The maximum Gasteiger partial charge on any atom is 0.0652 e. The number of rotatable bonds is 3. The van der Waals surface area contributed by atoms with Crippen LogP contribution < -0.4 is 5.32 Å². The van der Waals surface area contributed by atoms with Gasteiger partial charge in [-0.2, -0.15) is 12.6 Å². The highest BCUT2D eigenvalue weighted by atomic mass is 35.5. The van der Waals surface area contributed by atoms with E-state index >= 15 is 0 Å². The van der Waals surface area contributed by atoms with Crippen LogP contribution in [0.1, 0.15) is 0 Å². The SMILES string of the molecule is SCCNc1ccc(Cl)cc1Cl. The van der Waals surface area contributed by atoms with Gasteiger partial charge in [-0.15, -0.1) is 0 Å². The summed E-state index contributed by atoms with van der Waals surface area (Å²) in [6.07, 6.45) is 0. The average Bonchev–Trinajstić information content (AvgIpc) is 2.03. The summed E-state index contributed by atoms with van der Waals surface area (Å²) < 4.78 is 0. The topological polar surface area (TPSA) is 12.0 Å². The van der Waals surface area contributed by atoms with Crippen LogP contribution in [0.3, 0.4) is 0 Å². The van der Waals surface area contributed by atoms with Gasteiger partial charge in [-0.05, 0) is 18.2 Å². The minimum atomic E-state index is 0.643. The van der Waals surface area contributed by atoms with Gasteiger partial charge in [0.05, 0.1) is 10.7 Å². The highest BCUT2D eigenvalue weighted by Crippen LogP contribution is 2.24.